The van der Waals surface area contributed by atoms with Crippen molar-refractivity contribution in [3.63, 3.8) is 0 Å². The number of ketones is 2. The molecular weight excluding hydrogens is 1490 g/mol. The number of phenols is 1. The lowest BCUT2D eigenvalue weighted by Crippen LogP contribution is -2.51. The van der Waals surface area contributed by atoms with Crippen molar-refractivity contribution in [2.45, 2.75) is 165 Å². The predicted molar refractivity (Wildman–Crippen MR) is 401 cm³/mol. The summed E-state index contributed by atoms with van der Waals surface area (Å²) >= 11 is 0. The third-order valence-corrected chi connectivity index (χ3v) is 18.5. The van der Waals surface area contributed by atoms with Crippen LogP contribution in [0.3, 0.4) is 0 Å². The SMILES string of the molecule is O=C(O)CCCCCCCCCCCCCCCCC(=O)N[C@@H](CCC(=O)N[C@H](CCC(=O)NCCOCCOCC(=O)NCCOCCOCC(=O)NCCOCCOCC(=O)NCCOCCOCC(=O)N[C@@H](Cc1ccc(O)cc1)C(=O)CNCC(=O)N[C@H]1CSSC[C@@H](C(=O)O)NCC1=O)C(=O)O)C(=O)O. The highest BCUT2D eigenvalue weighted by Crippen LogP contribution is 2.24. The van der Waals surface area contributed by atoms with Crippen LogP contribution in [0.25, 0.3) is 0 Å². The van der Waals surface area contributed by atoms with Crippen molar-refractivity contribution in [1.29, 1.82) is 0 Å². The van der Waals surface area contributed by atoms with E-state index in [9.17, 15) is 87.5 Å². The molecule has 1 aromatic carbocycles. The Hall–Kier alpha value is -7.70. The lowest BCUT2D eigenvalue weighted by atomic mass is 10.0. The molecule has 8 amide bonds. The van der Waals surface area contributed by atoms with Gasteiger partial charge in [-0.2, -0.15) is 0 Å². The topological polar surface area (TPSA) is 534 Å². The van der Waals surface area contributed by atoms with Gasteiger partial charge in [-0.05, 0) is 49.8 Å². The average Bonchev–Trinajstić information content (AvgIpc) is 0.905. The molecule has 37 nitrogen and oxygen atoms in total. The van der Waals surface area contributed by atoms with Gasteiger partial charge in [0.1, 0.15) is 50.3 Å². The molecule has 39 heteroatoms. The highest BCUT2D eigenvalue weighted by atomic mass is 33.1. The summed E-state index contributed by atoms with van der Waals surface area (Å²) in [6, 6.07) is 0.461. The minimum Gasteiger partial charge on any atom is -0.508 e. The molecule has 15 N–H and O–H groups in total. The molecule has 0 saturated carbocycles. The second-order valence-corrected chi connectivity index (χ2v) is 27.9. The van der Waals surface area contributed by atoms with Gasteiger partial charge >= 0.3 is 23.9 Å². The quantitative estimate of drug-likeness (QED) is 0.0294. The van der Waals surface area contributed by atoms with Gasteiger partial charge in [0.15, 0.2) is 11.6 Å². The van der Waals surface area contributed by atoms with Crippen LogP contribution >= 0.6 is 21.6 Å². The van der Waals surface area contributed by atoms with Crippen LogP contribution < -0.4 is 53.2 Å². The molecule has 624 valence electrons. The van der Waals surface area contributed by atoms with Gasteiger partial charge in [-0.15, -0.1) is 0 Å². The van der Waals surface area contributed by atoms with Gasteiger partial charge in [0.05, 0.1) is 111 Å². The van der Waals surface area contributed by atoms with Crippen molar-refractivity contribution in [3.05, 3.63) is 29.8 Å². The van der Waals surface area contributed by atoms with E-state index in [4.69, 9.17) is 43.0 Å². The molecule has 1 saturated heterocycles. The van der Waals surface area contributed by atoms with Crippen molar-refractivity contribution >= 4 is 104 Å². The Balaban J connectivity index is 1.39. The first-order valence-electron chi connectivity index (χ1n) is 37.3. The zero-order chi connectivity index (χ0) is 80.6. The molecule has 5 atom stereocenters. The molecule has 0 aromatic heterocycles. The number of benzene rings is 1. The van der Waals surface area contributed by atoms with Gasteiger partial charge in [0.2, 0.25) is 47.3 Å². The van der Waals surface area contributed by atoms with E-state index in [0.29, 0.717) is 12.0 Å². The fraction of sp³-hybridized carbons (Fsp3) is 0.718. The van der Waals surface area contributed by atoms with Crippen LogP contribution in [0, 0.1) is 0 Å². The first-order chi connectivity index (χ1) is 53.0. The molecular formula is C71H116N10O27S2. The number of hydrogen-bond donors (Lipinski definition) is 15. The summed E-state index contributed by atoms with van der Waals surface area (Å²) < 4.78 is 42.9. The number of aromatic hydroxyl groups is 1. The van der Waals surface area contributed by atoms with E-state index in [0.717, 1.165) is 57.8 Å². The number of carboxylic acids is 4. The van der Waals surface area contributed by atoms with Gasteiger partial charge in [-0.25, -0.2) is 9.59 Å². The summed E-state index contributed by atoms with van der Waals surface area (Å²) in [6.45, 7) is 0.0238. The van der Waals surface area contributed by atoms with Crippen molar-refractivity contribution in [1.82, 2.24) is 53.2 Å². The van der Waals surface area contributed by atoms with E-state index < -0.39 is 108 Å². The third kappa shape index (κ3) is 55.7. The Bertz CT molecular complexity index is 2870. The predicted octanol–water partition coefficient (Wildman–Crippen LogP) is -0.307. The molecule has 2 rings (SSSR count). The Kier molecular flexibility index (Phi) is 58.1. The maximum Gasteiger partial charge on any atom is 0.326 e. The molecule has 1 aliphatic heterocycles. The van der Waals surface area contributed by atoms with Crippen molar-refractivity contribution in [2.24, 2.45) is 0 Å². The molecule has 0 unspecified atom stereocenters. The minimum absolute atomic E-state index is 0.00967. The normalized spacial score (nSPS) is 14.4. The molecule has 0 spiro atoms. The Morgan fingerprint density at radius 2 is 0.800 bits per heavy atom. The smallest absolute Gasteiger partial charge is 0.326 e. The zero-order valence-corrected chi connectivity index (χ0v) is 64.4. The van der Waals surface area contributed by atoms with Crippen LogP contribution in [0.15, 0.2) is 24.3 Å². The molecule has 1 aromatic rings. The van der Waals surface area contributed by atoms with Gasteiger partial charge in [0.25, 0.3) is 0 Å². The molecule has 1 heterocycles. The molecule has 1 fully saturated rings. The van der Waals surface area contributed by atoms with Crippen molar-refractivity contribution in [3.8, 4) is 5.75 Å². The second-order valence-electron chi connectivity index (χ2n) is 25.4. The molecule has 0 aliphatic carbocycles. The Labute approximate surface area is 648 Å². The summed E-state index contributed by atoms with van der Waals surface area (Å²) in [5, 5.41) is 72.9. The number of carbonyl (C=O) groups is 14. The number of Topliss-reactive ketones (excluding diaryl/α,β-unsaturated/α-hetero) is 2. The standard InChI is InChI=1S/C71H116N10O27S2/c82-52-19-17-51(18-20-52)41-55(58(83)42-72-44-63(88)81-56-49-109-110-50-57(71(99)100)77-43-59(56)84)80-67(92)48-108-40-36-104-32-28-76-66(91)47-107-39-35-103-31-27-75-65(90)46-106-38-34-102-30-26-74-64(89)45-105-37-33-101-29-25-73-60(85)23-21-53(69(95)96)79-62(87)24-22-54(70(97)98)78-61(86)15-13-11-9-7-5-3-1-2-4-6-8-10-12-14-16-68(93)94/h17-20,53-57,72,77,82H,1-16,21-50H2,(H,73,85)(H,74,89)(H,75,90)(H,76,91)(H,78,86)(H,79,87)(H,80,92)(H,81,88)(H,93,94)(H,95,96)(H,97,98)(H,99,100)/t53-,54+,55+,56+,57+/m1/s1. The van der Waals surface area contributed by atoms with Crippen LogP contribution in [-0.2, 0) is 111 Å². The number of phenolic OH excluding ortho intramolecular Hbond substituents is 1. The van der Waals surface area contributed by atoms with E-state index in [1.807, 2.05) is 0 Å². The summed E-state index contributed by atoms with van der Waals surface area (Å²) in [4.78, 5) is 171. The fourth-order valence-electron chi connectivity index (χ4n) is 10.1. The summed E-state index contributed by atoms with van der Waals surface area (Å²) in [7, 11) is 2.52. The first kappa shape index (κ1) is 98.4. The Morgan fingerprint density at radius 1 is 0.418 bits per heavy atom. The molecule has 110 heavy (non-hydrogen) atoms. The number of unbranched alkanes of at least 4 members (excludes halogenated alkanes) is 13. The van der Waals surface area contributed by atoms with Crippen LogP contribution in [0.4, 0.5) is 0 Å². The fourth-order valence-corrected chi connectivity index (χ4v) is 12.5. The number of ether oxygens (including phenoxy) is 8. The van der Waals surface area contributed by atoms with Crippen LogP contribution in [0.2, 0.25) is 0 Å². The highest BCUT2D eigenvalue weighted by Gasteiger charge is 2.29. The lowest BCUT2D eigenvalue weighted by Gasteiger charge is -2.19. The molecule has 0 radical (unpaired) electrons. The second kappa shape index (κ2) is 64.9. The molecule has 1 aliphatic rings. The zero-order valence-electron chi connectivity index (χ0n) is 62.8. The van der Waals surface area contributed by atoms with Gasteiger partial charge in [0, 0.05) is 63.4 Å². The maximum absolute atomic E-state index is 13.3. The van der Waals surface area contributed by atoms with Crippen molar-refractivity contribution in [2.75, 3.05) is 163 Å². The van der Waals surface area contributed by atoms with E-state index in [2.05, 4.69) is 53.2 Å². The highest BCUT2D eigenvalue weighted by molar-refractivity contribution is 8.76. The summed E-state index contributed by atoms with van der Waals surface area (Å²) in [5.41, 5.74) is 0.632. The number of amides is 8. The lowest BCUT2D eigenvalue weighted by molar-refractivity contribution is -0.143. The van der Waals surface area contributed by atoms with E-state index in [1.165, 1.54) is 59.4 Å². The van der Waals surface area contributed by atoms with Crippen LogP contribution in [0.5, 0.6) is 5.75 Å². The summed E-state index contributed by atoms with van der Waals surface area (Å²) in [5.74, 6) is -8.96. The number of rotatable bonds is 69. The van der Waals surface area contributed by atoms with Crippen LogP contribution in [0.1, 0.15) is 134 Å². The van der Waals surface area contributed by atoms with Crippen LogP contribution in [-0.4, -0.2) is 301 Å². The number of hydrogen-bond acceptors (Lipinski definition) is 27. The number of carboxylic acid groups (broad SMARTS) is 4. The Morgan fingerprint density at radius 3 is 1.24 bits per heavy atom. The van der Waals surface area contributed by atoms with Crippen molar-refractivity contribution < 1.29 is 131 Å². The number of aliphatic carboxylic acids is 4. The molecule has 0 bridgehead atoms. The number of nitrogens with one attached hydrogen (secondary N) is 10. The summed E-state index contributed by atoms with van der Waals surface area (Å²) in [6.07, 6.45) is 13.6. The first-order valence-corrected chi connectivity index (χ1v) is 39.8. The van der Waals surface area contributed by atoms with E-state index >= 15 is 0 Å². The monoisotopic (exact) mass is 1600 g/mol. The van der Waals surface area contributed by atoms with Gasteiger partial charge in [-0.1, -0.05) is 111 Å². The largest absolute Gasteiger partial charge is 0.508 e. The van der Waals surface area contributed by atoms with Gasteiger partial charge in [-0.3, -0.25) is 62.9 Å². The third-order valence-electron chi connectivity index (χ3n) is 16.1. The van der Waals surface area contributed by atoms with E-state index in [1.54, 1.807) is 12.1 Å². The minimum atomic E-state index is -1.42. The number of carbonyl (C=O) groups excluding carboxylic acids is 10. The van der Waals surface area contributed by atoms with E-state index in [-0.39, 0.29) is 219 Å². The maximum atomic E-state index is 13.3. The van der Waals surface area contributed by atoms with Gasteiger partial charge < -0.3 is 111 Å². The average molecular weight is 1610 g/mol.